The molecule has 3 aliphatic heterocycles. The molecule has 19 heavy (non-hydrogen) atoms. The SMILES string of the molecule is CC1(C)OC[C@@H]([C@H]2O[C@@H]3OC(C)(C)O[C@@H]3C2(O)O)O1. The predicted octanol–water partition coefficient (Wildman–Crippen LogP) is -0.305. The van der Waals surface area contributed by atoms with Gasteiger partial charge in [-0.05, 0) is 27.7 Å². The van der Waals surface area contributed by atoms with E-state index in [2.05, 4.69) is 0 Å². The second-order valence-corrected chi connectivity index (χ2v) is 6.13. The van der Waals surface area contributed by atoms with Crippen molar-refractivity contribution in [3.63, 3.8) is 0 Å². The van der Waals surface area contributed by atoms with E-state index < -0.39 is 42.0 Å². The van der Waals surface area contributed by atoms with E-state index in [1.807, 2.05) is 0 Å². The van der Waals surface area contributed by atoms with E-state index in [0.717, 1.165) is 0 Å². The van der Waals surface area contributed by atoms with E-state index in [4.69, 9.17) is 23.7 Å². The maximum atomic E-state index is 10.3. The molecule has 3 rings (SSSR count). The first-order valence-electron chi connectivity index (χ1n) is 6.38. The molecule has 4 atom stereocenters. The molecular weight excluding hydrogens is 256 g/mol. The van der Waals surface area contributed by atoms with Gasteiger partial charge in [0.05, 0.1) is 6.61 Å². The molecule has 0 aliphatic carbocycles. The highest BCUT2D eigenvalue weighted by atomic mass is 16.9. The lowest BCUT2D eigenvalue weighted by molar-refractivity contribution is -0.297. The zero-order valence-corrected chi connectivity index (χ0v) is 11.5. The molecule has 7 heteroatoms. The lowest BCUT2D eigenvalue weighted by Gasteiger charge is -2.31. The monoisotopic (exact) mass is 276 g/mol. The lowest BCUT2D eigenvalue weighted by Crippen LogP contribution is -2.54. The van der Waals surface area contributed by atoms with E-state index >= 15 is 0 Å². The van der Waals surface area contributed by atoms with Crippen molar-refractivity contribution in [2.75, 3.05) is 6.61 Å². The summed E-state index contributed by atoms with van der Waals surface area (Å²) in [6.45, 7) is 7.13. The van der Waals surface area contributed by atoms with Crippen molar-refractivity contribution >= 4 is 0 Å². The second-order valence-electron chi connectivity index (χ2n) is 6.13. The van der Waals surface area contributed by atoms with E-state index in [-0.39, 0.29) is 6.61 Å². The lowest BCUT2D eigenvalue weighted by atomic mass is 10.0. The first-order chi connectivity index (χ1) is 8.61. The molecule has 3 aliphatic rings. The maximum Gasteiger partial charge on any atom is 0.225 e. The summed E-state index contributed by atoms with van der Waals surface area (Å²) in [5, 5.41) is 20.6. The van der Waals surface area contributed by atoms with Crippen LogP contribution in [0.2, 0.25) is 0 Å². The fraction of sp³-hybridized carbons (Fsp3) is 1.00. The van der Waals surface area contributed by atoms with Crippen LogP contribution in [0, 0.1) is 0 Å². The molecular formula is C12H20O7. The van der Waals surface area contributed by atoms with Crippen molar-refractivity contribution in [1.82, 2.24) is 0 Å². The van der Waals surface area contributed by atoms with Crippen LogP contribution in [-0.2, 0) is 23.7 Å². The van der Waals surface area contributed by atoms with Crippen LogP contribution >= 0.6 is 0 Å². The van der Waals surface area contributed by atoms with Gasteiger partial charge in [-0.25, -0.2) is 0 Å². The Hall–Kier alpha value is -0.280. The first-order valence-corrected chi connectivity index (χ1v) is 6.38. The van der Waals surface area contributed by atoms with Crippen LogP contribution in [-0.4, -0.2) is 58.8 Å². The minimum absolute atomic E-state index is 0.226. The van der Waals surface area contributed by atoms with Gasteiger partial charge in [-0.2, -0.15) is 0 Å². The minimum Gasteiger partial charge on any atom is -0.361 e. The number of fused-ring (bicyclic) bond motifs is 1. The molecule has 0 unspecified atom stereocenters. The average Bonchev–Trinajstić information content (AvgIpc) is 2.80. The highest BCUT2D eigenvalue weighted by molar-refractivity contribution is 5.02. The Labute approximate surface area is 111 Å². The molecule has 0 aromatic rings. The third-order valence-electron chi connectivity index (χ3n) is 3.54. The Balaban J connectivity index is 1.77. The molecule has 0 saturated carbocycles. The van der Waals surface area contributed by atoms with Crippen LogP contribution in [0.4, 0.5) is 0 Å². The van der Waals surface area contributed by atoms with E-state index in [1.165, 1.54) is 0 Å². The van der Waals surface area contributed by atoms with E-state index in [9.17, 15) is 10.2 Å². The number of rotatable bonds is 1. The maximum absolute atomic E-state index is 10.3. The molecule has 0 bridgehead atoms. The smallest absolute Gasteiger partial charge is 0.225 e. The van der Waals surface area contributed by atoms with Crippen LogP contribution < -0.4 is 0 Å². The van der Waals surface area contributed by atoms with Gasteiger partial charge in [0, 0.05) is 0 Å². The zero-order chi connectivity index (χ0) is 14.1. The zero-order valence-electron chi connectivity index (χ0n) is 11.5. The van der Waals surface area contributed by atoms with Gasteiger partial charge < -0.3 is 33.9 Å². The Kier molecular flexibility index (Phi) is 2.80. The van der Waals surface area contributed by atoms with Gasteiger partial charge in [0.1, 0.15) is 12.2 Å². The Bertz CT molecular complexity index is 378. The van der Waals surface area contributed by atoms with Crippen molar-refractivity contribution in [2.45, 2.75) is 69.7 Å². The highest BCUT2D eigenvalue weighted by Crippen LogP contribution is 2.44. The first kappa shape index (κ1) is 13.7. The summed E-state index contributed by atoms with van der Waals surface area (Å²) in [6, 6.07) is 0. The standard InChI is InChI=1S/C12H20O7/c1-10(2)15-5-6(17-10)7-12(13,14)8-9(16-7)19-11(3,4)18-8/h6-9,13-14H,5H2,1-4H3/t6-,7+,8-,9+/m0/s1. The topological polar surface area (TPSA) is 86.6 Å². The van der Waals surface area contributed by atoms with Crippen LogP contribution in [0.3, 0.4) is 0 Å². The third-order valence-corrected chi connectivity index (χ3v) is 3.54. The fourth-order valence-electron chi connectivity index (χ4n) is 2.75. The number of hydrogen-bond acceptors (Lipinski definition) is 7. The summed E-state index contributed by atoms with van der Waals surface area (Å²) in [6.07, 6.45) is -3.33. The number of aliphatic hydroxyl groups is 2. The average molecular weight is 276 g/mol. The molecule has 3 saturated heterocycles. The highest BCUT2D eigenvalue weighted by Gasteiger charge is 2.65. The molecule has 2 N–H and O–H groups in total. The number of hydrogen-bond donors (Lipinski definition) is 2. The summed E-state index contributed by atoms with van der Waals surface area (Å²) in [4.78, 5) is 0. The minimum atomic E-state index is -2.17. The summed E-state index contributed by atoms with van der Waals surface area (Å²) >= 11 is 0. The van der Waals surface area contributed by atoms with E-state index in [0.29, 0.717) is 0 Å². The van der Waals surface area contributed by atoms with Gasteiger partial charge in [-0.3, -0.25) is 0 Å². The molecule has 0 aromatic carbocycles. The van der Waals surface area contributed by atoms with Crippen LogP contribution in [0.15, 0.2) is 0 Å². The van der Waals surface area contributed by atoms with Crippen molar-refractivity contribution in [2.24, 2.45) is 0 Å². The van der Waals surface area contributed by atoms with Crippen molar-refractivity contribution < 1.29 is 33.9 Å². The largest absolute Gasteiger partial charge is 0.361 e. The summed E-state index contributed by atoms with van der Waals surface area (Å²) in [7, 11) is 0. The Morgan fingerprint density at radius 2 is 1.58 bits per heavy atom. The Morgan fingerprint density at radius 1 is 0.895 bits per heavy atom. The quantitative estimate of drug-likeness (QED) is 0.635. The normalized spacial score (nSPS) is 46.4. The van der Waals surface area contributed by atoms with Crippen molar-refractivity contribution in [3.05, 3.63) is 0 Å². The molecule has 0 spiro atoms. The van der Waals surface area contributed by atoms with Crippen molar-refractivity contribution in [1.29, 1.82) is 0 Å². The molecule has 0 amide bonds. The molecule has 3 fully saturated rings. The van der Waals surface area contributed by atoms with Crippen LogP contribution in [0.25, 0.3) is 0 Å². The van der Waals surface area contributed by atoms with E-state index in [1.54, 1.807) is 27.7 Å². The predicted molar refractivity (Wildman–Crippen MR) is 60.8 cm³/mol. The van der Waals surface area contributed by atoms with Gasteiger partial charge in [0.25, 0.3) is 0 Å². The third kappa shape index (κ3) is 2.19. The summed E-state index contributed by atoms with van der Waals surface area (Å²) in [5.41, 5.74) is 0. The molecule has 0 aromatic heterocycles. The molecule has 3 heterocycles. The van der Waals surface area contributed by atoms with Gasteiger partial charge in [0.15, 0.2) is 24.0 Å². The molecule has 0 radical (unpaired) electrons. The fourth-order valence-corrected chi connectivity index (χ4v) is 2.75. The Morgan fingerprint density at radius 3 is 2.11 bits per heavy atom. The summed E-state index contributed by atoms with van der Waals surface area (Å²) in [5.74, 6) is -3.83. The van der Waals surface area contributed by atoms with Gasteiger partial charge in [-0.15, -0.1) is 0 Å². The summed E-state index contributed by atoms with van der Waals surface area (Å²) < 4.78 is 27.6. The van der Waals surface area contributed by atoms with Crippen molar-refractivity contribution in [3.8, 4) is 0 Å². The molecule has 7 nitrogen and oxygen atoms in total. The molecule has 110 valence electrons. The van der Waals surface area contributed by atoms with Crippen LogP contribution in [0.5, 0.6) is 0 Å². The number of ether oxygens (including phenoxy) is 5. The van der Waals surface area contributed by atoms with Gasteiger partial charge in [0.2, 0.25) is 5.79 Å². The van der Waals surface area contributed by atoms with Gasteiger partial charge in [-0.1, -0.05) is 0 Å². The van der Waals surface area contributed by atoms with Crippen LogP contribution in [0.1, 0.15) is 27.7 Å². The van der Waals surface area contributed by atoms with Gasteiger partial charge >= 0.3 is 0 Å². The second kappa shape index (κ2) is 3.88.